The highest BCUT2D eigenvalue weighted by Crippen LogP contribution is 2.25. The summed E-state index contributed by atoms with van der Waals surface area (Å²) < 4.78 is 7.01. The second-order valence-corrected chi connectivity index (χ2v) is 7.77. The summed E-state index contributed by atoms with van der Waals surface area (Å²) in [4.78, 5) is 21.9. The van der Waals surface area contributed by atoms with Crippen LogP contribution in [0.15, 0.2) is 76.7 Å². The van der Waals surface area contributed by atoms with Gasteiger partial charge in [-0.05, 0) is 23.3 Å². The third-order valence-corrected chi connectivity index (χ3v) is 5.53. The van der Waals surface area contributed by atoms with Crippen LogP contribution in [0, 0.1) is 6.92 Å². The first-order valence-electron chi connectivity index (χ1n) is 9.50. The Kier molecular flexibility index (Phi) is 6.24. The van der Waals surface area contributed by atoms with Crippen molar-refractivity contribution in [3.8, 4) is 0 Å². The number of carbonyl (C=O) groups is 1. The van der Waals surface area contributed by atoms with Crippen LogP contribution in [-0.2, 0) is 18.8 Å². The molecule has 4 rings (SSSR count). The first-order chi connectivity index (χ1) is 14.7. The van der Waals surface area contributed by atoms with Crippen molar-refractivity contribution in [3.05, 3.63) is 95.7 Å². The maximum atomic E-state index is 12.7. The Morgan fingerprint density at radius 3 is 2.67 bits per heavy atom. The quantitative estimate of drug-likeness (QED) is 0.437. The second-order valence-electron chi connectivity index (χ2n) is 6.75. The summed E-state index contributed by atoms with van der Waals surface area (Å²) in [5.74, 6) is 1.58. The first kappa shape index (κ1) is 19.9. The smallest absolute Gasteiger partial charge is 0.252 e. The second kappa shape index (κ2) is 9.41. The number of nitrogens with zero attached hydrogens (tertiary/aromatic N) is 4. The zero-order chi connectivity index (χ0) is 20.8. The number of rotatable bonds is 8. The molecule has 8 heteroatoms. The minimum absolute atomic E-state index is 0.107. The van der Waals surface area contributed by atoms with E-state index in [1.807, 2.05) is 47.2 Å². The molecule has 0 unspecified atom stereocenters. The lowest BCUT2D eigenvalue weighted by atomic mass is 10.1. The molecule has 0 atom stereocenters. The Labute approximate surface area is 178 Å². The molecule has 0 saturated carbocycles. The molecule has 4 aromatic rings. The molecular weight excluding hydrogens is 398 g/mol. The summed E-state index contributed by atoms with van der Waals surface area (Å²) in [6.45, 7) is 3.00. The molecule has 1 amide bonds. The minimum Gasteiger partial charge on any atom is -0.348 e. The molecule has 0 aliphatic rings. The average Bonchev–Trinajstić information content (AvgIpc) is 3.43. The molecule has 30 heavy (non-hydrogen) atoms. The minimum atomic E-state index is -0.107. The molecule has 1 N–H and O–H groups in total. The van der Waals surface area contributed by atoms with Gasteiger partial charge in [-0.1, -0.05) is 41.6 Å². The van der Waals surface area contributed by atoms with Crippen molar-refractivity contribution in [2.75, 3.05) is 0 Å². The molecule has 0 spiro atoms. The maximum absolute atomic E-state index is 12.7. The Balaban J connectivity index is 1.34. The summed E-state index contributed by atoms with van der Waals surface area (Å²) in [5, 5.41) is 6.90. The molecule has 0 aliphatic carbocycles. The molecule has 0 aliphatic heterocycles. The van der Waals surface area contributed by atoms with E-state index in [0.717, 1.165) is 17.0 Å². The Bertz CT molecular complexity index is 1110. The van der Waals surface area contributed by atoms with E-state index in [2.05, 4.69) is 32.6 Å². The number of amides is 1. The first-order valence-corrected chi connectivity index (χ1v) is 10.5. The van der Waals surface area contributed by atoms with Crippen molar-refractivity contribution in [1.29, 1.82) is 0 Å². The third-order valence-electron chi connectivity index (χ3n) is 4.46. The van der Waals surface area contributed by atoms with Gasteiger partial charge in [0, 0.05) is 37.3 Å². The van der Waals surface area contributed by atoms with Crippen LogP contribution in [0.25, 0.3) is 0 Å². The molecule has 2 heterocycles. The molecule has 2 aromatic carbocycles. The molecule has 152 valence electrons. The van der Waals surface area contributed by atoms with E-state index in [0.29, 0.717) is 29.6 Å². The van der Waals surface area contributed by atoms with Crippen molar-refractivity contribution in [3.63, 3.8) is 0 Å². The van der Waals surface area contributed by atoms with Gasteiger partial charge in [0.05, 0.1) is 17.6 Å². The van der Waals surface area contributed by atoms with Crippen LogP contribution >= 0.6 is 11.8 Å². The zero-order valence-corrected chi connectivity index (χ0v) is 17.3. The van der Waals surface area contributed by atoms with Crippen LogP contribution in [0.1, 0.15) is 33.2 Å². The summed E-state index contributed by atoms with van der Waals surface area (Å²) in [6.07, 6.45) is 5.50. The Hall–Kier alpha value is -3.39. The standard InChI is InChI=1S/C22H21N5O2S/c1-16-25-21(26-29-16)14-30-20-5-3-2-4-19(20)22(28)24-12-17-6-8-18(9-7-17)13-27-11-10-23-15-27/h2-11,15H,12-14H2,1H3,(H,24,28). The molecular formula is C22H21N5O2S. The van der Waals surface area contributed by atoms with Gasteiger partial charge in [0.15, 0.2) is 5.82 Å². The summed E-state index contributed by atoms with van der Waals surface area (Å²) in [6, 6.07) is 15.7. The number of aromatic nitrogens is 4. The van der Waals surface area contributed by atoms with Crippen LogP contribution in [0.3, 0.4) is 0 Å². The Morgan fingerprint density at radius 2 is 1.93 bits per heavy atom. The van der Waals surface area contributed by atoms with Gasteiger partial charge in [-0.2, -0.15) is 4.98 Å². The van der Waals surface area contributed by atoms with Crippen LogP contribution < -0.4 is 5.32 Å². The van der Waals surface area contributed by atoms with Crippen molar-refractivity contribution < 1.29 is 9.32 Å². The molecule has 0 bridgehead atoms. The Morgan fingerprint density at radius 1 is 1.13 bits per heavy atom. The lowest BCUT2D eigenvalue weighted by molar-refractivity contribution is 0.0948. The highest BCUT2D eigenvalue weighted by atomic mass is 32.2. The molecule has 0 saturated heterocycles. The summed E-state index contributed by atoms with van der Waals surface area (Å²) in [7, 11) is 0. The lowest BCUT2D eigenvalue weighted by Crippen LogP contribution is -2.23. The van der Waals surface area contributed by atoms with Crippen molar-refractivity contribution in [1.82, 2.24) is 25.0 Å². The normalized spacial score (nSPS) is 10.8. The van der Waals surface area contributed by atoms with Crippen LogP contribution in [-0.4, -0.2) is 25.6 Å². The van der Waals surface area contributed by atoms with Crippen LogP contribution in [0.2, 0.25) is 0 Å². The van der Waals surface area contributed by atoms with Crippen LogP contribution in [0.5, 0.6) is 0 Å². The van der Waals surface area contributed by atoms with Crippen LogP contribution in [0.4, 0.5) is 0 Å². The van der Waals surface area contributed by atoms with Gasteiger partial charge in [0.25, 0.3) is 5.91 Å². The van der Waals surface area contributed by atoms with Crippen molar-refractivity contribution in [2.24, 2.45) is 0 Å². The van der Waals surface area contributed by atoms with Gasteiger partial charge in [0.2, 0.25) is 5.89 Å². The predicted molar refractivity (Wildman–Crippen MR) is 114 cm³/mol. The van der Waals surface area contributed by atoms with Gasteiger partial charge in [-0.15, -0.1) is 11.8 Å². The van der Waals surface area contributed by atoms with Gasteiger partial charge in [-0.25, -0.2) is 4.98 Å². The number of hydrogen-bond acceptors (Lipinski definition) is 6. The molecule has 2 aromatic heterocycles. The van der Waals surface area contributed by atoms with Crippen molar-refractivity contribution >= 4 is 17.7 Å². The van der Waals surface area contributed by atoms with Gasteiger partial charge < -0.3 is 14.4 Å². The van der Waals surface area contributed by atoms with Gasteiger partial charge in [0.1, 0.15) is 0 Å². The monoisotopic (exact) mass is 419 g/mol. The average molecular weight is 420 g/mol. The zero-order valence-electron chi connectivity index (χ0n) is 16.5. The topological polar surface area (TPSA) is 85.8 Å². The van der Waals surface area contributed by atoms with Crippen molar-refractivity contribution in [2.45, 2.75) is 30.7 Å². The SMILES string of the molecule is Cc1nc(CSc2ccccc2C(=O)NCc2ccc(Cn3ccnc3)cc2)no1. The highest BCUT2D eigenvalue weighted by Gasteiger charge is 2.12. The number of imidazole rings is 1. The van der Waals surface area contributed by atoms with E-state index in [9.17, 15) is 4.79 Å². The maximum Gasteiger partial charge on any atom is 0.252 e. The largest absolute Gasteiger partial charge is 0.348 e. The van der Waals surface area contributed by atoms with Gasteiger partial charge in [-0.3, -0.25) is 4.79 Å². The summed E-state index contributed by atoms with van der Waals surface area (Å²) >= 11 is 1.51. The molecule has 0 fully saturated rings. The van der Waals surface area contributed by atoms with E-state index in [1.54, 1.807) is 19.4 Å². The number of nitrogens with one attached hydrogen (secondary N) is 1. The highest BCUT2D eigenvalue weighted by molar-refractivity contribution is 7.98. The molecule has 7 nitrogen and oxygen atoms in total. The molecule has 0 radical (unpaired) electrons. The number of carbonyl (C=O) groups excluding carboxylic acids is 1. The van der Waals surface area contributed by atoms with E-state index >= 15 is 0 Å². The van der Waals surface area contributed by atoms with Gasteiger partial charge >= 0.3 is 0 Å². The summed E-state index contributed by atoms with van der Waals surface area (Å²) in [5.41, 5.74) is 2.87. The fourth-order valence-corrected chi connectivity index (χ4v) is 3.85. The predicted octanol–water partition coefficient (Wildman–Crippen LogP) is 3.85. The van der Waals surface area contributed by atoms with E-state index in [-0.39, 0.29) is 5.91 Å². The number of benzene rings is 2. The number of aryl methyl sites for hydroxylation is 1. The van der Waals surface area contributed by atoms with E-state index in [1.165, 1.54) is 17.3 Å². The fraction of sp³-hybridized carbons (Fsp3) is 0.182. The van der Waals surface area contributed by atoms with E-state index in [4.69, 9.17) is 4.52 Å². The fourth-order valence-electron chi connectivity index (χ4n) is 2.95. The number of hydrogen-bond donors (Lipinski definition) is 1. The third kappa shape index (κ3) is 5.15. The lowest BCUT2D eigenvalue weighted by Gasteiger charge is -2.10. The van der Waals surface area contributed by atoms with E-state index < -0.39 is 0 Å². The number of thioether (sulfide) groups is 1.